The summed E-state index contributed by atoms with van der Waals surface area (Å²) in [5.41, 5.74) is 1.21. The summed E-state index contributed by atoms with van der Waals surface area (Å²) in [6.45, 7) is 2.54. The van der Waals surface area contributed by atoms with Gasteiger partial charge in [-0.2, -0.15) is 0 Å². The number of hydrogen-bond donors (Lipinski definition) is 1. The third kappa shape index (κ3) is 3.44. The Morgan fingerprint density at radius 2 is 2.00 bits per heavy atom. The van der Waals surface area contributed by atoms with Crippen molar-refractivity contribution >= 4 is 11.8 Å². The lowest BCUT2D eigenvalue weighted by molar-refractivity contribution is -0.133. The Labute approximate surface area is 181 Å². The van der Waals surface area contributed by atoms with Crippen LogP contribution in [0.3, 0.4) is 0 Å². The van der Waals surface area contributed by atoms with E-state index in [1.54, 1.807) is 23.6 Å². The molecule has 3 aromatic heterocycles. The molecule has 0 radical (unpaired) electrons. The maximum atomic E-state index is 13.6. The predicted molar refractivity (Wildman–Crippen MR) is 115 cm³/mol. The number of nitrogens with one attached hydrogen (secondary N) is 1. The maximum absolute atomic E-state index is 13.6. The van der Waals surface area contributed by atoms with Crippen LogP contribution in [0.4, 0.5) is 0 Å². The van der Waals surface area contributed by atoms with E-state index in [1.165, 1.54) is 0 Å². The van der Waals surface area contributed by atoms with Gasteiger partial charge in [0.2, 0.25) is 5.91 Å². The number of nitrogens with zero attached hydrogens (tertiary/aromatic N) is 3. The molecule has 1 aliphatic carbocycles. The first-order chi connectivity index (χ1) is 15.1. The molecule has 5 rings (SSSR count). The molecule has 0 aromatic carbocycles. The Morgan fingerprint density at radius 1 is 1.19 bits per heavy atom. The molecule has 0 spiro atoms. The molecular formula is C24H26N4O3. The number of hydrogen-bond acceptors (Lipinski definition) is 4. The predicted octanol–water partition coefficient (Wildman–Crippen LogP) is 3.62. The first kappa shape index (κ1) is 19.6. The van der Waals surface area contributed by atoms with Crippen molar-refractivity contribution in [2.24, 2.45) is 0 Å². The molecule has 7 heteroatoms. The molecule has 1 fully saturated rings. The molecule has 2 aliphatic rings. The zero-order chi connectivity index (χ0) is 21.4. The largest absolute Gasteiger partial charge is 0.463 e. The monoisotopic (exact) mass is 418 g/mol. The van der Waals surface area contributed by atoms with E-state index in [-0.39, 0.29) is 17.9 Å². The van der Waals surface area contributed by atoms with E-state index in [9.17, 15) is 9.59 Å². The van der Waals surface area contributed by atoms with Crippen LogP contribution in [0.25, 0.3) is 11.5 Å². The molecule has 0 saturated heterocycles. The minimum absolute atomic E-state index is 0.110. The quantitative estimate of drug-likeness (QED) is 0.686. The second-order valence-corrected chi connectivity index (χ2v) is 8.65. The van der Waals surface area contributed by atoms with Gasteiger partial charge in [0, 0.05) is 25.0 Å². The number of rotatable bonds is 5. The molecule has 0 unspecified atom stereocenters. The van der Waals surface area contributed by atoms with Gasteiger partial charge in [-0.3, -0.25) is 14.6 Å². The van der Waals surface area contributed by atoms with Gasteiger partial charge in [-0.15, -0.1) is 0 Å². The number of carbonyl (C=O) groups is 2. The van der Waals surface area contributed by atoms with Crippen LogP contribution in [0.2, 0.25) is 0 Å². The number of aromatic nitrogens is 2. The summed E-state index contributed by atoms with van der Waals surface area (Å²) in [5.74, 6) is 0.400. The van der Waals surface area contributed by atoms with E-state index < -0.39 is 5.54 Å². The lowest BCUT2D eigenvalue weighted by Crippen LogP contribution is -2.64. The number of furan rings is 1. The van der Waals surface area contributed by atoms with Crippen LogP contribution in [0, 0.1) is 0 Å². The van der Waals surface area contributed by atoms with E-state index in [2.05, 4.69) is 10.3 Å². The second-order valence-electron chi connectivity index (χ2n) is 8.65. The molecule has 3 aromatic rings. The summed E-state index contributed by atoms with van der Waals surface area (Å²) < 4.78 is 7.50. The highest BCUT2D eigenvalue weighted by Gasteiger charge is 2.48. The summed E-state index contributed by atoms with van der Waals surface area (Å²) in [4.78, 5) is 33.1. The van der Waals surface area contributed by atoms with Gasteiger partial charge in [0.15, 0.2) is 0 Å². The molecule has 1 atom stereocenters. The fourth-order valence-corrected chi connectivity index (χ4v) is 4.75. The number of carbonyl (C=O) groups excluding carboxylic acids is 2. The average Bonchev–Trinajstić information content (AvgIpc) is 3.53. The van der Waals surface area contributed by atoms with Crippen LogP contribution in [-0.4, -0.2) is 37.8 Å². The van der Waals surface area contributed by atoms with Gasteiger partial charge in [-0.05, 0) is 55.7 Å². The van der Waals surface area contributed by atoms with E-state index in [0.717, 1.165) is 36.9 Å². The molecule has 160 valence electrons. The highest BCUT2D eigenvalue weighted by molar-refractivity contribution is 6.00. The van der Waals surface area contributed by atoms with Gasteiger partial charge in [-0.1, -0.05) is 18.9 Å². The van der Waals surface area contributed by atoms with E-state index in [1.807, 2.05) is 47.9 Å². The summed E-state index contributed by atoms with van der Waals surface area (Å²) in [6.07, 6.45) is 9.30. The number of pyridine rings is 1. The van der Waals surface area contributed by atoms with Crippen molar-refractivity contribution in [3.05, 3.63) is 66.3 Å². The molecule has 2 amide bonds. The van der Waals surface area contributed by atoms with Crippen LogP contribution in [0.1, 0.15) is 48.7 Å². The minimum atomic E-state index is -1.04. The zero-order valence-corrected chi connectivity index (χ0v) is 17.6. The van der Waals surface area contributed by atoms with Crippen LogP contribution in [0.15, 0.2) is 59.5 Å². The fraction of sp³-hybridized carbons (Fsp3) is 0.375. The highest BCUT2D eigenvalue weighted by Crippen LogP contribution is 2.34. The fourth-order valence-electron chi connectivity index (χ4n) is 4.75. The Bertz CT molecular complexity index is 1080. The van der Waals surface area contributed by atoms with Gasteiger partial charge in [0.1, 0.15) is 17.0 Å². The van der Waals surface area contributed by atoms with Crippen molar-refractivity contribution in [1.82, 2.24) is 19.8 Å². The Kier molecular flexibility index (Phi) is 4.88. The summed E-state index contributed by atoms with van der Waals surface area (Å²) in [6, 6.07) is 11.3. The minimum Gasteiger partial charge on any atom is -0.463 e. The second kappa shape index (κ2) is 7.72. The van der Waals surface area contributed by atoms with Crippen molar-refractivity contribution in [3.63, 3.8) is 0 Å². The highest BCUT2D eigenvalue weighted by atomic mass is 16.3. The Morgan fingerprint density at radius 3 is 2.71 bits per heavy atom. The average molecular weight is 418 g/mol. The topological polar surface area (TPSA) is 80.4 Å². The van der Waals surface area contributed by atoms with Crippen LogP contribution < -0.4 is 5.32 Å². The molecular weight excluding hydrogens is 392 g/mol. The van der Waals surface area contributed by atoms with Gasteiger partial charge in [0.05, 0.1) is 18.5 Å². The van der Waals surface area contributed by atoms with Crippen molar-refractivity contribution < 1.29 is 14.0 Å². The molecule has 7 nitrogen and oxygen atoms in total. The molecule has 4 heterocycles. The number of fused-ring (bicyclic) bond motifs is 1. The maximum Gasteiger partial charge on any atom is 0.271 e. The van der Waals surface area contributed by atoms with Gasteiger partial charge in [-0.25, -0.2) is 0 Å². The van der Waals surface area contributed by atoms with Crippen LogP contribution in [0.5, 0.6) is 0 Å². The summed E-state index contributed by atoms with van der Waals surface area (Å²) in [7, 11) is 0. The van der Waals surface area contributed by atoms with Crippen molar-refractivity contribution in [2.45, 2.75) is 57.3 Å². The molecule has 1 aliphatic heterocycles. The first-order valence-electron chi connectivity index (χ1n) is 10.8. The number of amides is 2. The smallest absolute Gasteiger partial charge is 0.271 e. The van der Waals surface area contributed by atoms with E-state index in [0.29, 0.717) is 24.5 Å². The van der Waals surface area contributed by atoms with Gasteiger partial charge in [0.25, 0.3) is 5.91 Å². The van der Waals surface area contributed by atoms with E-state index in [4.69, 9.17) is 4.42 Å². The van der Waals surface area contributed by atoms with Crippen molar-refractivity contribution in [2.75, 3.05) is 0 Å². The lowest BCUT2D eigenvalue weighted by atomic mass is 9.93. The standard InChI is InChI=1S/C24H26N4O3/c1-24(23(30)26-18-7-2-3-8-18)16-27-19(21-9-5-13-31-21)10-11-20(27)22(29)28(24)15-17-6-4-12-25-14-17/h4-6,9-14,18H,2-3,7-8,15-16H2,1H3,(H,26,30)/t24-/m0/s1. The Hall–Kier alpha value is -3.35. The van der Waals surface area contributed by atoms with Gasteiger partial charge >= 0.3 is 0 Å². The Balaban J connectivity index is 1.54. The molecule has 31 heavy (non-hydrogen) atoms. The SMILES string of the molecule is C[C@@]1(C(=O)NC2CCCC2)Cn2c(ccc2-c2ccco2)C(=O)N1Cc1cccnc1. The van der Waals surface area contributed by atoms with E-state index >= 15 is 0 Å². The summed E-state index contributed by atoms with van der Waals surface area (Å²) in [5, 5.41) is 3.22. The molecule has 1 saturated carbocycles. The van der Waals surface area contributed by atoms with Gasteiger partial charge < -0.3 is 19.2 Å². The summed E-state index contributed by atoms with van der Waals surface area (Å²) >= 11 is 0. The lowest BCUT2D eigenvalue weighted by Gasteiger charge is -2.44. The molecule has 0 bridgehead atoms. The third-order valence-corrected chi connectivity index (χ3v) is 6.52. The van der Waals surface area contributed by atoms with Crippen LogP contribution >= 0.6 is 0 Å². The first-order valence-corrected chi connectivity index (χ1v) is 10.8. The third-order valence-electron chi connectivity index (χ3n) is 6.52. The zero-order valence-electron chi connectivity index (χ0n) is 17.6. The molecule has 1 N–H and O–H groups in total. The van der Waals surface area contributed by atoms with Crippen molar-refractivity contribution in [1.29, 1.82) is 0 Å². The van der Waals surface area contributed by atoms with Crippen molar-refractivity contribution in [3.8, 4) is 11.5 Å². The van der Waals surface area contributed by atoms with Crippen LogP contribution in [-0.2, 0) is 17.9 Å². The normalized spacial score (nSPS) is 21.3.